The van der Waals surface area contributed by atoms with Crippen molar-refractivity contribution in [2.45, 2.75) is 122 Å². The average Bonchev–Trinajstić information content (AvgIpc) is 3.95. The summed E-state index contributed by atoms with van der Waals surface area (Å²) in [7, 11) is 0. The van der Waals surface area contributed by atoms with Gasteiger partial charge in [-0.25, -0.2) is 13.8 Å². The molecule has 3 saturated heterocycles. The van der Waals surface area contributed by atoms with Gasteiger partial charge in [-0.05, 0) is 125 Å². The number of carbonyl (C=O) groups excluding carboxylic acids is 5. The molecule has 4 atom stereocenters. The van der Waals surface area contributed by atoms with E-state index in [0.29, 0.717) is 43.0 Å². The fourth-order valence-electron chi connectivity index (χ4n) is 10.0. The number of rotatable bonds is 14. The summed E-state index contributed by atoms with van der Waals surface area (Å²) in [6.45, 7) is 12.2. The van der Waals surface area contributed by atoms with E-state index in [4.69, 9.17) is 12.2 Å². The molecule has 4 heterocycles. The molecule has 4 aliphatic rings. The van der Waals surface area contributed by atoms with Crippen LogP contribution in [0.2, 0.25) is 0 Å². The molecule has 1 saturated carbocycles. The number of anilines is 2. The summed E-state index contributed by atoms with van der Waals surface area (Å²) in [4.78, 5) is 79.5. The maximum Gasteiger partial charge on any atom is 0.420 e. The number of thiazole rings is 1. The molecule has 0 spiro atoms. The quantitative estimate of drug-likeness (QED) is 0.0556. The molecule has 15 nitrogen and oxygen atoms in total. The second kappa shape index (κ2) is 22.5. The Morgan fingerprint density at radius 1 is 0.987 bits per heavy atom. The molecular weight excluding hydrogens is 1050 g/mol. The highest BCUT2D eigenvalue weighted by Crippen LogP contribution is 2.43. The lowest BCUT2D eigenvalue weighted by Crippen LogP contribution is -2.59. The Hall–Kier alpha value is -6.85. The minimum Gasteiger partial charge on any atom is -0.391 e. The van der Waals surface area contributed by atoms with Crippen LogP contribution in [0.5, 0.6) is 0 Å². The lowest BCUT2D eigenvalue weighted by Gasteiger charge is -2.36. The van der Waals surface area contributed by atoms with Crippen molar-refractivity contribution in [2.24, 2.45) is 11.3 Å². The third-order valence-corrected chi connectivity index (χ3v) is 16.0. The summed E-state index contributed by atoms with van der Waals surface area (Å²) in [6.07, 6.45) is -4.83. The number of benzene rings is 3. The molecule has 1 aromatic heterocycles. The van der Waals surface area contributed by atoms with Crippen molar-refractivity contribution in [3.63, 3.8) is 0 Å². The number of amides is 5. The first-order valence-corrected chi connectivity index (χ1v) is 26.9. The molecule has 412 valence electrons. The predicted molar refractivity (Wildman–Crippen MR) is 287 cm³/mol. The van der Waals surface area contributed by atoms with Crippen LogP contribution in [0.25, 0.3) is 10.4 Å². The van der Waals surface area contributed by atoms with Crippen LogP contribution in [0.1, 0.15) is 107 Å². The number of aryl methyl sites for hydroxylation is 1. The molecule has 8 rings (SSSR count). The van der Waals surface area contributed by atoms with E-state index in [2.05, 4.69) is 37.7 Å². The third-order valence-electron chi connectivity index (χ3n) is 14.7. The van der Waals surface area contributed by atoms with Gasteiger partial charge in [0.05, 0.1) is 52.0 Å². The summed E-state index contributed by atoms with van der Waals surface area (Å²) >= 11 is 7.06. The third kappa shape index (κ3) is 12.2. The molecule has 0 bridgehead atoms. The van der Waals surface area contributed by atoms with Crippen LogP contribution >= 0.6 is 23.6 Å². The average molecular weight is 1110 g/mol. The van der Waals surface area contributed by atoms with Gasteiger partial charge in [0.15, 0.2) is 16.6 Å². The van der Waals surface area contributed by atoms with Gasteiger partial charge in [0.2, 0.25) is 17.7 Å². The summed E-state index contributed by atoms with van der Waals surface area (Å²) in [5, 5.41) is 28.3. The highest BCUT2D eigenvalue weighted by molar-refractivity contribution is 7.81. The monoisotopic (exact) mass is 1110 g/mol. The number of thiocarbonyl (C=S) groups is 1. The number of likely N-dealkylation sites (tertiary alicyclic amines) is 2. The number of alkyl halides is 4. The Kier molecular flexibility index (Phi) is 16.5. The van der Waals surface area contributed by atoms with Gasteiger partial charge >= 0.3 is 6.18 Å². The number of nitrogens with one attached hydrogen (secondary N) is 3. The highest BCUT2D eigenvalue weighted by atomic mass is 32.1. The van der Waals surface area contributed by atoms with Crippen molar-refractivity contribution in [3.8, 4) is 28.4 Å². The van der Waals surface area contributed by atoms with E-state index in [1.807, 2.05) is 31.2 Å². The number of piperidine rings is 1. The van der Waals surface area contributed by atoms with Gasteiger partial charge < -0.3 is 35.8 Å². The maximum atomic E-state index is 15.5. The molecule has 1 aliphatic carbocycles. The van der Waals surface area contributed by atoms with E-state index < -0.39 is 93.3 Å². The molecule has 78 heavy (non-hydrogen) atoms. The van der Waals surface area contributed by atoms with Crippen LogP contribution in [0.4, 0.5) is 33.3 Å². The Bertz CT molecular complexity index is 3100. The number of aliphatic hydroxyl groups excluding tert-OH is 1. The molecular formula is C56H60F5N9O6S2. The molecule has 3 aromatic carbocycles. The van der Waals surface area contributed by atoms with E-state index in [9.17, 15) is 51.9 Å². The number of carbonyl (C=O) groups is 5. The molecule has 4 N–H and O–H groups in total. The molecule has 4 aromatic rings. The number of nitriles is 1. The molecule has 0 radical (unpaired) electrons. The zero-order chi connectivity index (χ0) is 56.6. The van der Waals surface area contributed by atoms with Crippen molar-refractivity contribution >= 4 is 69.6 Å². The van der Waals surface area contributed by atoms with Crippen LogP contribution in [-0.2, 0) is 30.1 Å². The van der Waals surface area contributed by atoms with E-state index in [1.165, 1.54) is 41.1 Å². The molecule has 5 amide bonds. The lowest BCUT2D eigenvalue weighted by atomic mass is 9.85. The molecule has 0 unspecified atom stereocenters. The smallest absolute Gasteiger partial charge is 0.391 e. The SMILES string of the molecule is Cc1ncsc1-c1ccc([C@H](CC(=O)NCCN2CCC(C#Cc3ccc(N4C(=S)N(c5ccc(C#N)c(C(F)(F)F)c5F)C(=O)C4(C)C)cc3)CC2)NC(=O)[C@@H]2C[C@@H](O)CN2C(=O)[C@@H](NC(=O)C2(F)CC2)C(C)(C)C)cc1. The van der Waals surface area contributed by atoms with Crippen LogP contribution in [0, 0.1) is 47.2 Å². The van der Waals surface area contributed by atoms with Crippen molar-refractivity contribution in [1.82, 2.24) is 30.7 Å². The van der Waals surface area contributed by atoms with Crippen molar-refractivity contribution in [2.75, 3.05) is 42.5 Å². The second-order valence-corrected chi connectivity index (χ2v) is 23.0. The predicted octanol–water partition coefficient (Wildman–Crippen LogP) is 7.49. The number of aromatic nitrogens is 1. The Morgan fingerprint density at radius 2 is 1.65 bits per heavy atom. The largest absolute Gasteiger partial charge is 0.420 e. The number of β-amino-alcohol motifs (C(OH)–C–C–N with tert-alkyl or cyclic N) is 1. The van der Waals surface area contributed by atoms with Crippen LogP contribution in [-0.4, -0.2) is 117 Å². The van der Waals surface area contributed by atoms with Gasteiger partial charge in [-0.2, -0.15) is 18.4 Å². The Balaban J connectivity index is 0.863. The number of nitrogens with zero attached hydrogens (tertiary/aromatic N) is 6. The van der Waals surface area contributed by atoms with E-state index in [1.54, 1.807) is 50.5 Å². The van der Waals surface area contributed by atoms with Crippen molar-refractivity contribution in [3.05, 3.63) is 99.9 Å². The Labute approximate surface area is 458 Å². The normalized spacial score (nSPS) is 20.1. The van der Waals surface area contributed by atoms with Crippen molar-refractivity contribution in [1.29, 1.82) is 5.26 Å². The van der Waals surface area contributed by atoms with Gasteiger partial charge in [-0.15, -0.1) is 11.3 Å². The van der Waals surface area contributed by atoms with Gasteiger partial charge in [-0.3, -0.25) is 28.9 Å². The lowest BCUT2D eigenvalue weighted by molar-refractivity contribution is -0.145. The maximum absolute atomic E-state index is 15.5. The number of hydrogen-bond acceptors (Lipinski definition) is 11. The first-order chi connectivity index (χ1) is 36.7. The standard InChI is InChI=1S/C56H60F5N9O6S2/c1-32-46(78-31-64-32)36-13-11-35(12-14-36)40(65-48(73)42-27-39(71)30-68(42)49(74)47(53(2,3)4)66-50(75)55(58)21-22-55)28-43(72)63-23-26-67-24-19-34(20-25-67)8-7-33-9-16-38(17-10-33)70-52(77)69(51(76)54(70,5)6)41-18-15-37(29-62)44(45(41)57)56(59,60)61/h9-18,31,34,39-40,42,47,71H,19-28,30H2,1-6H3,(H,63,72)(H,65,73)(H,66,75)/t39-,40+,42+,47-/m1/s1. The second-order valence-electron chi connectivity index (χ2n) is 21.8. The zero-order valence-electron chi connectivity index (χ0n) is 43.9. The van der Waals surface area contributed by atoms with Gasteiger partial charge in [-0.1, -0.05) is 56.9 Å². The number of aliphatic hydroxyl groups is 1. The number of halogens is 5. The Morgan fingerprint density at radius 3 is 2.24 bits per heavy atom. The van der Waals surface area contributed by atoms with Crippen LogP contribution < -0.4 is 25.8 Å². The topological polar surface area (TPSA) is 191 Å². The fourth-order valence-corrected chi connectivity index (χ4v) is 11.4. The van der Waals surface area contributed by atoms with E-state index in [-0.39, 0.29) is 49.2 Å². The first-order valence-electron chi connectivity index (χ1n) is 25.6. The highest BCUT2D eigenvalue weighted by Gasteiger charge is 2.54. The van der Waals surface area contributed by atoms with E-state index in [0.717, 1.165) is 46.0 Å². The van der Waals surface area contributed by atoms with Crippen LogP contribution in [0.15, 0.2) is 66.2 Å². The van der Waals surface area contributed by atoms with Gasteiger partial charge in [0.25, 0.3) is 11.8 Å². The van der Waals surface area contributed by atoms with Crippen LogP contribution in [0.3, 0.4) is 0 Å². The minimum absolute atomic E-state index is 0.0582. The van der Waals surface area contributed by atoms with Gasteiger partial charge in [0, 0.05) is 43.2 Å². The first kappa shape index (κ1) is 57.3. The summed E-state index contributed by atoms with van der Waals surface area (Å²) in [5.41, 5.74) is -2.48. The van der Waals surface area contributed by atoms with Crippen molar-refractivity contribution < 1.29 is 51.0 Å². The number of hydrogen-bond donors (Lipinski definition) is 4. The fraction of sp³-hybridized carbons (Fsp3) is 0.464. The van der Waals surface area contributed by atoms with E-state index >= 15 is 4.39 Å². The zero-order valence-corrected chi connectivity index (χ0v) is 45.5. The van der Waals surface area contributed by atoms with Gasteiger partial charge in [0.1, 0.15) is 23.2 Å². The minimum atomic E-state index is -5.20. The molecule has 22 heteroatoms. The summed E-state index contributed by atoms with van der Waals surface area (Å²) in [6, 6.07) is 14.2. The molecule has 4 fully saturated rings. The molecule has 3 aliphatic heterocycles. The summed E-state index contributed by atoms with van der Waals surface area (Å²) in [5.74, 6) is 1.64. The summed E-state index contributed by atoms with van der Waals surface area (Å²) < 4.78 is 71.8.